The first kappa shape index (κ1) is 19.1. The number of carbonyl (C=O) groups is 1. The van der Waals surface area contributed by atoms with Crippen molar-refractivity contribution in [2.45, 2.75) is 19.6 Å². The molecule has 0 amide bonds. The van der Waals surface area contributed by atoms with E-state index in [1.165, 1.54) is 43.5 Å². The van der Waals surface area contributed by atoms with Crippen molar-refractivity contribution in [2.75, 3.05) is 7.11 Å². The summed E-state index contributed by atoms with van der Waals surface area (Å²) in [6.45, 7) is -3.14. The van der Waals surface area contributed by atoms with Crippen molar-refractivity contribution in [1.29, 1.82) is 0 Å². The smallest absolute Gasteiger partial charge is 0.387 e. The molecule has 2 aromatic carbocycles. The molecule has 0 heterocycles. The van der Waals surface area contributed by atoms with Gasteiger partial charge in [0.15, 0.2) is 11.5 Å². The van der Waals surface area contributed by atoms with Gasteiger partial charge in [0.25, 0.3) is 5.69 Å². The van der Waals surface area contributed by atoms with E-state index in [0.717, 1.165) is 0 Å². The Balaban J connectivity index is 2.00. The predicted octanol–water partition coefficient (Wildman–Crippen LogP) is 3.49. The van der Waals surface area contributed by atoms with Crippen LogP contribution in [0.25, 0.3) is 0 Å². The molecule has 0 bridgehead atoms. The average molecular weight is 367 g/mol. The standard InChI is InChI=1S/C17H15F2NO6/c1-24-15-8-11(6-7-14(15)26-17(18)19)10-25-16(21)9-12-4-2-3-5-13(12)20(22)23/h2-8,17H,9-10H2,1H3. The molecule has 138 valence electrons. The summed E-state index contributed by atoms with van der Waals surface area (Å²) in [7, 11) is 1.29. The highest BCUT2D eigenvalue weighted by molar-refractivity contribution is 5.74. The van der Waals surface area contributed by atoms with E-state index < -0.39 is 17.5 Å². The number of para-hydroxylation sites is 1. The summed E-state index contributed by atoms with van der Waals surface area (Å²) in [6.07, 6.45) is -0.263. The van der Waals surface area contributed by atoms with Crippen LogP contribution in [0, 0.1) is 10.1 Å². The van der Waals surface area contributed by atoms with Gasteiger partial charge in [-0.15, -0.1) is 0 Å². The number of methoxy groups -OCH3 is 1. The lowest BCUT2D eigenvalue weighted by molar-refractivity contribution is -0.385. The number of rotatable bonds is 8. The van der Waals surface area contributed by atoms with Crippen LogP contribution in [0.15, 0.2) is 42.5 Å². The summed E-state index contributed by atoms with van der Waals surface area (Å²) in [5.74, 6) is -0.735. The van der Waals surface area contributed by atoms with Crippen LogP contribution in [0.5, 0.6) is 11.5 Å². The van der Waals surface area contributed by atoms with Gasteiger partial charge < -0.3 is 14.2 Å². The van der Waals surface area contributed by atoms with E-state index in [2.05, 4.69) is 4.74 Å². The first-order valence-corrected chi connectivity index (χ1v) is 7.40. The third-order valence-electron chi connectivity index (χ3n) is 3.37. The van der Waals surface area contributed by atoms with Gasteiger partial charge in [-0.05, 0) is 17.7 Å². The van der Waals surface area contributed by atoms with E-state index in [1.54, 1.807) is 6.07 Å². The fourth-order valence-corrected chi connectivity index (χ4v) is 2.20. The van der Waals surface area contributed by atoms with E-state index >= 15 is 0 Å². The van der Waals surface area contributed by atoms with E-state index in [1.807, 2.05) is 0 Å². The summed E-state index contributed by atoms with van der Waals surface area (Å²) in [5, 5.41) is 10.9. The second kappa shape index (κ2) is 8.75. The molecule has 0 aliphatic carbocycles. The maximum atomic E-state index is 12.3. The molecule has 2 rings (SSSR count). The first-order chi connectivity index (χ1) is 12.4. The quantitative estimate of drug-likeness (QED) is 0.403. The minimum atomic E-state index is -2.99. The number of halogens is 2. The van der Waals surface area contributed by atoms with Gasteiger partial charge in [-0.2, -0.15) is 8.78 Å². The zero-order valence-electron chi connectivity index (χ0n) is 13.7. The molecule has 0 unspecified atom stereocenters. The zero-order chi connectivity index (χ0) is 19.1. The molecule has 0 spiro atoms. The predicted molar refractivity (Wildman–Crippen MR) is 86.2 cm³/mol. The monoisotopic (exact) mass is 367 g/mol. The van der Waals surface area contributed by atoms with Crippen molar-refractivity contribution in [3.63, 3.8) is 0 Å². The molecule has 26 heavy (non-hydrogen) atoms. The molecule has 0 N–H and O–H groups in total. The Morgan fingerprint density at radius 1 is 1.19 bits per heavy atom. The number of nitro groups is 1. The number of hydrogen-bond donors (Lipinski definition) is 0. The normalized spacial score (nSPS) is 10.5. The molecule has 0 saturated heterocycles. The molecule has 2 aromatic rings. The number of esters is 1. The Bertz CT molecular complexity index is 797. The summed E-state index contributed by atoms with van der Waals surface area (Å²) in [4.78, 5) is 22.3. The van der Waals surface area contributed by atoms with E-state index in [4.69, 9.17) is 9.47 Å². The van der Waals surface area contributed by atoms with Crippen LogP contribution in [-0.4, -0.2) is 24.6 Å². The third-order valence-corrected chi connectivity index (χ3v) is 3.37. The molecule has 9 heteroatoms. The summed E-state index contributed by atoms with van der Waals surface area (Å²) in [5.41, 5.74) is 0.555. The van der Waals surface area contributed by atoms with Crippen LogP contribution in [0.1, 0.15) is 11.1 Å². The number of nitrogens with zero attached hydrogens (tertiary/aromatic N) is 1. The van der Waals surface area contributed by atoms with Gasteiger partial charge in [-0.3, -0.25) is 14.9 Å². The van der Waals surface area contributed by atoms with Gasteiger partial charge >= 0.3 is 12.6 Å². The Morgan fingerprint density at radius 3 is 2.58 bits per heavy atom. The Morgan fingerprint density at radius 2 is 1.92 bits per heavy atom. The second-order valence-electron chi connectivity index (χ2n) is 5.09. The largest absolute Gasteiger partial charge is 0.493 e. The molecule has 0 atom stereocenters. The van der Waals surface area contributed by atoms with Crippen LogP contribution in [-0.2, 0) is 22.6 Å². The summed E-state index contributed by atoms with van der Waals surface area (Å²) < 4.78 is 38.9. The van der Waals surface area contributed by atoms with Crippen LogP contribution in [0.4, 0.5) is 14.5 Å². The van der Waals surface area contributed by atoms with Crippen molar-refractivity contribution in [1.82, 2.24) is 0 Å². The highest BCUT2D eigenvalue weighted by Crippen LogP contribution is 2.29. The van der Waals surface area contributed by atoms with Gasteiger partial charge in [0, 0.05) is 11.6 Å². The fraction of sp³-hybridized carbons (Fsp3) is 0.235. The van der Waals surface area contributed by atoms with E-state index in [0.29, 0.717) is 5.56 Å². The Hall–Kier alpha value is -3.23. The molecule has 7 nitrogen and oxygen atoms in total. The van der Waals surface area contributed by atoms with Gasteiger partial charge in [-0.1, -0.05) is 24.3 Å². The number of carbonyl (C=O) groups excluding carboxylic acids is 1. The van der Waals surface area contributed by atoms with Crippen molar-refractivity contribution < 1.29 is 32.7 Å². The second-order valence-corrected chi connectivity index (χ2v) is 5.09. The lowest BCUT2D eigenvalue weighted by atomic mass is 10.1. The van der Waals surface area contributed by atoms with Crippen LogP contribution >= 0.6 is 0 Å². The molecular weight excluding hydrogens is 352 g/mol. The van der Waals surface area contributed by atoms with Gasteiger partial charge in [0.2, 0.25) is 0 Å². The fourth-order valence-electron chi connectivity index (χ4n) is 2.20. The van der Waals surface area contributed by atoms with Crippen molar-refractivity contribution in [2.24, 2.45) is 0 Å². The molecule has 0 radical (unpaired) electrons. The van der Waals surface area contributed by atoms with Crippen molar-refractivity contribution in [3.8, 4) is 11.5 Å². The highest BCUT2D eigenvalue weighted by atomic mass is 19.3. The molecule has 0 aromatic heterocycles. The number of ether oxygens (including phenoxy) is 3. The third kappa shape index (κ3) is 5.13. The van der Waals surface area contributed by atoms with Crippen molar-refractivity contribution >= 4 is 11.7 Å². The molecule has 0 saturated carbocycles. The molecular formula is C17H15F2NO6. The van der Waals surface area contributed by atoms with Gasteiger partial charge in [0.1, 0.15) is 6.61 Å². The lowest BCUT2D eigenvalue weighted by Gasteiger charge is -2.11. The summed E-state index contributed by atoms with van der Waals surface area (Å²) in [6, 6.07) is 9.98. The summed E-state index contributed by atoms with van der Waals surface area (Å²) >= 11 is 0. The topological polar surface area (TPSA) is 87.9 Å². The average Bonchev–Trinajstić information content (AvgIpc) is 2.60. The first-order valence-electron chi connectivity index (χ1n) is 7.40. The SMILES string of the molecule is COc1cc(COC(=O)Cc2ccccc2[N+](=O)[O-])ccc1OC(F)F. The Labute approximate surface area is 147 Å². The number of nitro benzene ring substituents is 1. The molecule has 0 fully saturated rings. The zero-order valence-corrected chi connectivity index (χ0v) is 13.7. The van der Waals surface area contributed by atoms with Crippen LogP contribution in [0.2, 0.25) is 0 Å². The highest BCUT2D eigenvalue weighted by Gasteiger charge is 2.17. The van der Waals surface area contributed by atoms with E-state index in [-0.39, 0.29) is 35.8 Å². The maximum absolute atomic E-state index is 12.3. The van der Waals surface area contributed by atoms with Gasteiger partial charge in [-0.25, -0.2) is 0 Å². The lowest BCUT2D eigenvalue weighted by Crippen LogP contribution is -2.10. The Kier molecular flexibility index (Phi) is 6.42. The van der Waals surface area contributed by atoms with Crippen molar-refractivity contribution in [3.05, 3.63) is 63.7 Å². The minimum Gasteiger partial charge on any atom is -0.493 e. The van der Waals surface area contributed by atoms with Crippen LogP contribution < -0.4 is 9.47 Å². The van der Waals surface area contributed by atoms with Crippen LogP contribution in [0.3, 0.4) is 0 Å². The molecule has 0 aliphatic heterocycles. The van der Waals surface area contributed by atoms with E-state index in [9.17, 15) is 23.7 Å². The minimum absolute atomic E-state index is 0.0672. The number of benzene rings is 2. The maximum Gasteiger partial charge on any atom is 0.387 e. The van der Waals surface area contributed by atoms with Gasteiger partial charge in [0.05, 0.1) is 18.5 Å². The number of alkyl halides is 2. The number of hydrogen-bond acceptors (Lipinski definition) is 6. The molecule has 0 aliphatic rings.